The van der Waals surface area contributed by atoms with Crippen molar-refractivity contribution in [1.82, 2.24) is 49.4 Å². The molecule has 20 heteroatoms. The van der Waals surface area contributed by atoms with Crippen molar-refractivity contribution in [2.24, 2.45) is 5.92 Å². The van der Waals surface area contributed by atoms with Crippen LogP contribution in [0.2, 0.25) is 0 Å². The van der Waals surface area contributed by atoms with Crippen LogP contribution in [0.1, 0.15) is 186 Å². The van der Waals surface area contributed by atoms with Gasteiger partial charge in [0.2, 0.25) is 28.6 Å². The van der Waals surface area contributed by atoms with E-state index in [-0.39, 0.29) is 24.7 Å². The predicted molar refractivity (Wildman–Crippen MR) is 516 cm³/mol. The lowest BCUT2D eigenvalue weighted by Gasteiger charge is -2.34. The van der Waals surface area contributed by atoms with Crippen LogP contribution < -0.4 is 24.5 Å². The number of aryl methyl sites for hydroxylation is 10. The van der Waals surface area contributed by atoms with Crippen molar-refractivity contribution < 1.29 is 22.1 Å². The average Bonchev–Trinajstić information content (AvgIpc) is 1.62. The highest BCUT2D eigenvalue weighted by Gasteiger charge is 2.36. The first kappa shape index (κ1) is 84.8. The highest BCUT2D eigenvalue weighted by Crippen LogP contribution is 2.47. The number of anilines is 5. The van der Waals surface area contributed by atoms with Gasteiger partial charge < -0.3 is 71.1 Å². The van der Waals surface area contributed by atoms with Crippen molar-refractivity contribution in [2.75, 3.05) is 44.6 Å². The molecule has 0 unspecified atom stereocenters. The summed E-state index contributed by atoms with van der Waals surface area (Å²) in [6, 6.07) is 44.0. The van der Waals surface area contributed by atoms with Gasteiger partial charge in [0.1, 0.15) is 30.8 Å². The van der Waals surface area contributed by atoms with E-state index in [2.05, 4.69) is 398 Å². The van der Waals surface area contributed by atoms with E-state index in [1.165, 1.54) is 59.2 Å². The molecule has 15 aromatic rings. The molecule has 15 heterocycles. The summed E-state index contributed by atoms with van der Waals surface area (Å²) in [4.78, 5) is 46.7. The van der Waals surface area contributed by atoms with Gasteiger partial charge in [-0.15, -0.1) is 0 Å². The van der Waals surface area contributed by atoms with E-state index in [4.69, 9.17) is 27.1 Å². The molecule has 0 radical (unpaired) electrons. The third kappa shape index (κ3) is 15.5. The number of nitrogens with zero attached hydrogens (tertiary/aromatic N) is 15. The fourth-order valence-electron chi connectivity index (χ4n) is 19.2. The molecule has 5 aromatic carbocycles. The molecule has 1 saturated carbocycles. The predicted octanol–water partition coefficient (Wildman–Crippen LogP) is 25.6. The second-order valence-electron chi connectivity index (χ2n) is 35.3. The smallest absolute Gasteiger partial charge is 0.227 e. The normalized spacial score (nSPS) is 18.2. The van der Waals surface area contributed by atoms with Gasteiger partial charge in [0.15, 0.2) is 27.9 Å². The summed E-state index contributed by atoms with van der Waals surface area (Å²) in [7, 11) is 2.09. The molecule has 1 fully saturated rings. The molecule has 5 atom stereocenters. The number of benzene rings is 5. The van der Waals surface area contributed by atoms with E-state index in [1.54, 1.807) is 0 Å². The Kier molecular flexibility index (Phi) is 23.7. The van der Waals surface area contributed by atoms with Crippen LogP contribution in [-0.4, -0.2) is 112 Å². The molecule has 0 N–H and O–H groups in total. The lowest BCUT2D eigenvalue weighted by Crippen LogP contribution is -2.41. The molecule has 20 nitrogen and oxygen atoms in total. The van der Waals surface area contributed by atoms with Gasteiger partial charge in [-0.05, 0) is 229 Å². The van der Waals surface area contributed by atoms with Crippen LogP contribution in [0.4, 0.5) is 28.4 Å². The summed E-state index contributed by atoms with van der Waals surface area (Å²) in [5.74, 6) is 0.627. The summed E-state index contributed by atoms with van der Waals surface area (Å²) < 4.78 is 31.3. The number of fused-ring (bicyclic) bond motifs is 15. The topological polar surface area (TPSA) is 163 Å². The van der Waals surface area contributed by atoms with Crippen molar-refractivity contribution in [2.45, 2.75) is 239 Å². The first-order valence-corrected chi connectivity index (χ1v) is 45.6. The van der Waals surface area contributed by atoms with Gasteiger partial charge in [-0.3, -0.25) is 0 Å². The zero-order chi connectivity index (χ0) is 87.7. The molecule has 0 amide bonds. The van der Waals surface area contributed by atoms with Crippen LogP contribution in [0.3, 0.4) is 0 Å². The van der Waals surface area contributed by atoms with Crippen molar-refractivity contribution in [3.05, 3.63) is 240 Å². The van der Waals surface area contributed by atoms with Gasteiger partial charge in [0.05, 0.1) is 28.4 Å². The zero-order valence-corrected chi connectivity index (χ0v) is 77.0. The average molecular weight is 1680 g/mol. The van der Waals surface area contributed by atoms with Crippen molar-refractivity contribution in [1.29, 1.82) is 0 Å². The number of hydrogen-bond donors (Lipinski definition) is 0. The maximum atomic E-state index is 6.32. The lowest BCUT2D eigenvalue weighted by molar-refractivity contribution is 0.237. The molecular formula is C105H123N15O5. The maximum absolute atomic E-state index is 6.32. The summed E-state index contributed by atoms with van der Waals surface area (Å²) in [5, 5.41) is 11.1. The van der Waals surface area contributed by atoms with Gasteiger partial charge in [0.25, 0.3) is 0 Å². The van der Waals surface area contributed by atoms with E-state index in [0.717, 1.165) is 207 Å². The molecule has 5 aliphatic heterocycles. The minimum Gasteiger partial charge on any atom is -0.435 e. The Morgan fingerprint density at radius 1 is 0.312 bits per heavy atom. The highest BCUT2D eigenvalue weighted by atomic mass is 16.4. The second-order valence-corrected chi connectivity index (χ2v) is 35.3. The summed E-state index contributed by atoms with van der Waals surface area (Å²) in [5.41, 5.74) is 25.5. The summed E-state index contributed by atoms with van der Waals surface area (Å²) >= 11 is 0. The second kappa shape index (κ2) is 34.9. The maximum Gasteiger partial charge on any atom is 0.227 e. The largest absolute Gasteiger partial charge is 0.435 e. The zero-order valence-electron chi connectivity index (χ0n) is 77.0. The van der Waals surface area contributed by atoms with Crippen molar-refractivity contribution in [3.63, 3.8) is 0 Å². The Morgan fingerprint density at radius 2 is 0.592 bits per heavy atom. The van der Waals surface area contributed by atoms with Gasteiger partial charge in [-0.2, -0.15) is 0 Å². The third-order valence-electron chi connectivity index (χ3n) is 26.6. The number of hydrogen-bond acceptors (Lipinski definition) is 20. The molecule has 0 spiro atoms. The monoisotopic (exact) mass is 1670 g/mol. The molecule has 6 aliphatic rings. The SMILES string of the molecule is CCc1ccc2c(n1)oc1c(N3C=CN(C(C)C)[C@@H]3C)c(C)ccc12.CCc1ccc2c(n1)oc1c(N3C=CN(C)[C@@H]3C)c(C)ccc12.CCc1ccc2c(n1)oc1c(N3C=CN(C4CCCC4)[C@@H]3C)c(C)ccc12.CCc1ccc2c(n1)oc1c(N3C=CN(CC(C)C)[C@@H]3C)c(C)ccc12.CCc1ccc2c(n1)oc1c(N3C=CN(CC)[C@@H]3C)c(C)ccc12. The quantitative estimate of drug-likeness (QED) is 0.0951. The molecule has 648 valence electrons. The number of aromatic nitrogens is 5. The Morgan fingerprint density at radius 3 is 0.880 bits per heavy atom. The van der Waals surface area contributed by atoms with Gasteiger partial charge >= 0.3 is 0 Å². The van der Waals surface area contributed by atoms with Gasteiger partial charge in [-0.1, -0.05) is 122 Å². The lowest BCUT2D eigenvalue weighted by atomic mass is 10.1. The number of rotatable bonds is 15. The molecule has 0 saturated heterocycles. The van der Waals surface area contributed by atoms with E-state index in [9.17, 15) is 0 Å². The standard InChI is InChI=1S/C23H27N3O.C22H27N3O.C21H25N3O.C20H23N3O.C19H21N3O/c1-4-17-10-12-20-19-11-9-15(2)21(22(19)27-23(20)24-17)26-14-13-25(16(26)3)18-7-5-6-8-18;1-6-17-8-10-19-18-9-7-15(4)20(21(18)26-22(19)23-17)25-12-11-24(16(25)5)13-14(2)3;1-6-16-8-10-18-17-9-7-14(4)19(20(17)25-21(18)22-16)24-12-11-23(13(2)3)15(24)5;1-5-15-8-10-17-16-9-7-13(3)18(19(16)24-20(17)21-15)23-12-11-22(6-2)14(23)4;1-5-14-7-9-16-15-8-6-12(2)17(18(15)23-19(16)20-14)22-11-10-21(4)13(22)3/h9-14,16,18H,4-8H2,1-3H3;7-12,14,16H,6,13H2,1-5H3;7-13,15H,6H2,1-5H3;7-12,14H,5-6H2,1-4H3;6-11,13H,5H2,1-4H3/t2*16-;15-;14-;13-/m00000/s1. The highest BCUT2D eigenvalue weighted by molar-refractivity contribution is 6.13. The van der Waals surface area contributed by atoms with Crippen molar-refractivity contribution in [3.8, 4) is 0 Å². The first-order valence-electron chi connectivity index (χ1n) is 45.6. The summed E-state index contributed by atoms with van der Waals surface area (Å²) in [6.45, 7) is 45.7. The molecule has 125 heavy (non-hydrogen) atoms. The molecule has 10 aromatic heterocycles. The Balaban J connectivity index is 0.000000111. The van der Waals surface area contributed by atoms with Crippen molar-refractivity contribution >= 4 is 139 Å². The molecule has 21 rings (SSSR count). The molecule has 1 aliphatic carbocycles. The van der Waals surface area contributed by atoms with Crippen LogP contribution in [0, 0.1) is 40.5 Å². The van der Waals surface area contributed by atoms with Crippen LogP contribution >= 0.6 is 0 Å². The third-order valence-corrected chi connectivity index (χ3v) is 26.6. The fourth-order valence-corrected chi connectivity index (χ4v) is 19.2. The van der Waals surface area contributed by atoms with E-state index in [1.807, 2.05) is 0 Å². The molecular weight excluding hydrogens is 1550 g/mol. The van der Waals surface area contributed by atoms with E-state index >= 15 is 0 Å². The Hall–Kier alpha value is -12.5. The van der Waals surface area contributed by atoms with E-state index in [0.29, 0.717) is 24.2 Å². The van der Waals surface area contributed by atoms with Gasteiger partial charge in [0, 0.05) is 177 Å². The molecule has 0 bridgehead atoms. The first-order chi connectivity index (χ1) is 60.4. The van der Waals surface area contributed by atoms with Crippen LogP contribution in [0.25, 0.3) is 110 Å². The minimum atomic E-state index is 0.261. The number of furan rings is 5. The van der Waals surface area contributed by atoms with Crippen LogP contribution in [0.5, 0.6) is 0 Å². The Labute approximate surface area is 735 Å². The van der Waals surface area contributed by atoms with E-state index < -0.39 is 0 Å². The number of pyridine rings is 5. The minimum absolute atomic E-state index is 0.261. The van der Waals surface area contributed by atoms with Gasteiger partial charge in [-0.25, -0.2) is 24.9 Å². The summed E-state index contributed by atoms with van der Waals surface area (Å²) in [6.07, 6.45) is 33.0. The fraction of sp³-hybridized carbons (Fsp3) is 0.381. The van der Waals surface area contributed by atoms with Crippen LogP contribution in [-0.2, 0) is 32.1 Å². The Bertz CT molecular complexity index is 6710. The van der Waals surface area contributed by atoms with Crippen LogP contribution in [0.15, 0.2) is 205 Å².